The SMILES string of the molecule is Cc1nc2cc(Nc3cc(C#N)ncn3)ccc2n1C. The summed E-state index contributed by atoms with van der Waals surface area (Å²) in [5.41, 5.74) is 3.20. The van der Waals surface area contributed by atoms with Crippen LogP contribution in [0, 0.1) is 18.3 Å². The molecule has 2 aromatic heterocycles. The van der Waals surface area contributed by atoms with Crippen molar-refractivity contribution in [1.29, 1.82) is 5.26 Å². The molecule has 0 saturated heterocycles. The summed E-state index contributed by atoms with van der Waals surface area (Å²) in [6.07, 6.45) is 1.37. The molecule has 0 amide bonds. The van der Waals surface area contributed by atoms with Crippen LogP contribution in [-0.2, 0) is 7.05 Å². The molecule has 0 radical (unpaired) electrons. The smallest absolute Gasteiger partial charge is 0.145 e. The van der Waals surface area contributed by atoms with E-state index in [4.69, 9.17) is 5.26 Å². The number of hydrogen-bond acceptors (Lipinski definition) is 5. The minimum absolute atomic E-state index is 0.331. The predicted octanol–water partition coefficient (Wildman–Crippen LogP) is 2.29. The Kier molecular flexibility index (Phi) is 2.80. The van der Waals surface area contributed by atoms with Crippen LogP contribution >= 0.6 is 0 Å². The summed E-state index contributed by atoms with van der Waals surface area (Å²) in [6, 6.07) is 9.51. The second kappa shape index (κ2) is 4.63. The maximum atomic E-state index is 8.82. The molecule has 0 bridgehead atoms. The quantitative estimate of drug-likeness (QED) is 0.768. The molecule has 0 fully saturated rings. The lowest BCUT2D eigenvalue weighted by atomic mass is 10.2. The van der Waals surface area contributed by atoms with Crippen LogP contribution < -0.4 is 5.32 Å². The predicted molar refractivity (Wildman–Crippen MR) is 75.5 cm³/mol. The number of rotatable bonds is 2. The Bertz CT molecular complexity index is 827. The third kappa shape index (κ3) is 2.06. The largest absolute Gasteiger partial charge is 0.340 e. The molecule has 0 saturated carbocycles. The van der Waals surface area contributed by atoms with Crippen molar-refractivity contribution in [3.63, 3.8) is 0 Å². The van der Waals surface area contributed by atoms with Gasteiger partial charge in [-0.2, -0.15) is 5.26 Å². The molecule has 2 heterocycles. The Morgan fingerprint density at radius 3 is 2.90 bits per heavy atom. The highest BCUT2D eigenvalue weighted by atomic mass is 15.1. The van der Waals surface area contributed by atoms with Gasteiger partial charge in [0.2, 0.25) is 0 Å². The summed E-state index contributed by atoms with van der Waals surface area (Å²) in [5, 5.41) is 12.0. The highest BCUT2D eigenvalue weighted by Gasteiger charge is 2.05. The molecule has 6 heteroatoms. The summed E-state index contributed by atoms with van der Waals surface area (Å²) in [5.74, 6) is 1.55. The van der Waals surface area contributed by atoms with Gasteiger partial charge in [0.15, 0.2) is 0 Å². The Morgan fingerprint density at radius 2 is 2.10 bits per heavy atom. The molecule has 0 unspecified atom stereocenters. The third-order valence-corrected chi connectivity index (χ3v) is 3.16. The number of anilines is 2. The van der Waals surface area contributed by atoms with E-state index in [1.165, 1.54) is 6.33 Å². The Morgan fingerprint density at radius 1 is 1.25 bits per heavy atom. The second-order valence-electron chi connectivity index (χ2n) is 4.45. The highest BCUT2D eigenvalue weighted by molar-refractivity contribution is 5.81. The number of imidazole rings is 1. The highest BCUT2D eigenvalue weighted by Crippen LogP contribution is 2.21. The van der Waals surface area contributed by atoms with E-state index >= 15 is 0 Å². The van der Waals surface area contributed by atoms with Crippen molar-refractivity contribution in [3.8, 4) is 6.07 Å². The zero-order chi connectivity index (χ0) is 14.1. The molecule has 3 aromatic rings. The number of nitriles is 1. The van der Waals surface area contributed by atoms with E-state index in [0.29, 0.717) is 11.5 Å². The lowest BCUT2D eigenvalue weighted by molar-refractivity contribution is 0.886. The van der Waals surface area contributed by atoms with E-state index in [-0.39, 0.29) is 0 Å². The minimum Gasteiger partial charge on any atom is -0.340 e. The summed E-state index contributed by atoms with van der Waals surface area (Å²) < 4.78 is 2.04. The summed E-state index contributed by atoms with van der Waals surface area (Å²) >= 11 is 0. The second-order valence-corrected chi connectivity index (χ2v) is 4.45. The molecule has 6 nitrogen and oxygen atoms in total. The lowest BCUT2D eigenvalue weighted by Gasteiger charge is -2.05. The van der Waals surface area contributed by atoms with Crippen molar-refractivity contribution in [2.75, 3.05) is 5.32 Å². The number of nitrogens with zero attached hydrogens (tertiary/aromatic N) is 5. The first-order chi connectivity index (χ1) is 9.67. The van der Waals surface area contributed by atoms with Crippen molar-refractivity contribution in [2.45, 2.75) is 6.92 Å². The van der Waals surface area contributed by atoms with E-state index in [2.05, 4.69) is 20.3 Å². The van der Waals surface area contributed by atoms with Gasteiger partial charge in [-0.15, -0.1) is 0 Å². The molecule has 0 aliphatic heterocycles. The van der Waals surface area contributed by atoms with Gasteiger partial charge in [0.25, 0.3) is 0 Å². The first-order valence-electron chi connectivity index (χ1n) is 6.09. The molecular formula is C14H12N6. The molecule has 98 valence electrons. The maximum absolute atomic E-state index is 8.82. The first kappa shape index (κ1) is 12.1. The van der Waals surface area contributed by atoms with Gasteiger partial charge in [0.1, 0.15) is 29.7 Å². The fourth-order valence-corrected chi connectivity index (χ4v) is 2.03. The van der Waals surface area contributed by atoms with Gasteiger partial charge in [0.05, 0.1) is 11.0 Å². The number of aryl methyl sites for hydroxylation is 2. The topological polar surface area (TPSA) is 79.4 Å². The standard InChI is InChI=1S/C14H12N6/c1-9-18-12-5-10(3-4-13(12)20(9)2)19-14-6-11(7-15)16-8-17-14/h3-6,8H,1-2H3,(H,16,17,19). The van der Waals surface area contributed by atoms with Gasteiger partial charge in [0, 0.05) is 18.8 Å². The van der Waals surface area contributed by atoms with Crippen LogP contribution in [0.5, 0.6) is 0 Å². The fraction of sp³-hybridized carbons (Fsp3) is 0.143. The van der Waals surface area contributed by atoms with Gasteiger partial charge in [-0.05, 0) is 25.1 Å². The third-order valence-electron chi connectivity index (χ3n) is 3.16. The lowest BCUT2D eigenvalue weighted by Crippen LogP contribution is -1.95. The molecule has 0 aliphatic rings. The molecule has 1 aromatic carbocycles. The molecule has 3 rings (SSSR count). The van der Waals surface area contributed by atoms with Gasteiger partial charge in [-0.1, -0.05) is 0 Å². The summed E-state index contributed by atoms with van der Waals surface area (Å²) in [4.78, 5) is 12.4. The number of fused-ring (bicyclic) bond motifs is 1. The average molecular weight is 264 g/mol. The van der Waals surface area contributed by atoms with Gasteiger partial charge in [-0.3, -0.25) is 0 Å². The average Bonchev–Trinajstić information content (AvgIpc) is 2.74. The van der Waals surface area contributed by atoms with Crippen LogP contribution in [-0.4, -0.2) is 19.5 Å². The van der Waals surface area contributed by atoms with Crippen molar-refractivity contribution in [3.05, 3.63) is 42.1 Å². The van der Waals surface area contributed by atoms with E-state index in [0.717, 1.165) is 22.5 Å². The molecule has 0 atom stereocenters. The molecular weight excluding hydrogens is 252 g/mol. The van der Waals surface area contributed by atoms with Crippen LogP contribution in [0.4, 0.5) is 11.5 Å². The van der Waals surface area contributed by atoms with Crippen LogP contribution in [0.3, 0.4) is 0 Å². The van der Waals surface area contributed by atoms with Gasteiger partial charge < -0.3 is 9.88 Å². The Balaban J connectivity index is 1.96. The molecule has 0 aliphatic carbocycles. The first-order valence-corrected chi connectivity index (χ1v) is 6.09. The molecule has 1 N–H and O–H groups in total. The zero-order valence-electron chi connectivity index (χ0n) is 11.1. The molecule has 20 heavy (non-hydrogen) atoms. The van der Waals surface area contributed by atoms with E-state index in [1.54, 1.807) is 6.07 Å². The number of nitrogens with one attached hydrogen (secondary N) is 1. The molecule has 0 spiro atoms. The number of aromatic nitrogens is 4. The van der Waals surface area contributed by atoms with Crippen LogP contribution in [0.1, 0.15) is 11.5 Å². The zero-order valence-corrected chi connectivity index (χ0v) is 11.1. The van der Waals surface area contributed by atoms with Gasteiger partial charge >= 0.3 is 0 Å². The van der Waals surface area contributed by atoms with E-state index in [1.807, 2.05) is 42.8 Å². The summed E-state index contributed by atoms with van der Waals surface area (Å²) in [7, 11) is 1.99. The fourth-order valence-electron chi connectivity index (χ4n) is 2.03. The van der Waals surface area contributed by atoms with Crippen molar-refractivity contribution in [1.82, 2.24) is 19.5 Å². The van der Waals surface area contributed by atoms with Crippen molar-refractivity contribution < 1.29 is 0 Å². The Hall–Kier alpha value is -2.94. The van der Waals surface area contributed by atoms with Crippen molar-refractivity contribution in [2.24, 2.45) is 7.05 Å². The van der Waals surface area contributed by atoms with Crippen molar-refractivity contribution >= 4 is 22.5 Å². The van der Waals surface area contributed by atoms with E-state index in [9.17, 15) is 0 Å². The monoisotopic (exact) mass is 264 g/mol. The summed E-state index contributed by atoms with van der Waals surface area (Å²) in [6.45, 7) is 1.97. The van der Waals surface area contributed by atoms with Crippen LogP contribution in [0.25, 0.3) is 11.0 Å². The maximum Gasteiger partial charge on any atom is 0.145 e. The van der Waals surface area contributed by atoms with Crippen LogP contribution in [0.15, 0.2) is 30.6 Å². The van der Waals surface area contributed by atoms with E-state index < -0.39 is 0 Å². The van der Waals surface area contributed by atoms with Gasteiger partial charge in [-0.25, -0.2) is 15.0 Å². The Labute approximate surface area is 115 Å². The van der Waals surface area contributed by atoms with Crippen LogP contribution in [0.2, 0.25) is 0 Å². The minimum atomic E-state index is 0.331. The number of hydrogen-bond donors (Lipinski definition) is 1. The number of benzene rings is 1. The normalized spacial score (nSPS) is 10.4.